The van der Waals surface area contributed by atoms with Crippen LogP contribution >= 0.6 is 24.0 Å². The lowest BCUT2D eigenvalue weighted by Crippen LogP contribution is -2.50. The number of amides is 1. The zero-order valence-corrected chi connectivity index (χ0v) is 13.1. The zero-order valence-electron chi connectivity index (χ0n) is 11.5. The van der Waals surface area contributed by atoms with Gasteiger partial charge in [0.15, 0.2) is 0 Å². The molecule has 0 spiro atoms. The Morgan fingerprint density at radius 2 is 1.76 bits per heavy atom. The summed E-state index contributed by atoms with van der Waals surface area (Å²) in [7, 11) is 0. The molecule has 1 fully saturated rings. The van der Waals surface area contributed by atoms with Gasteiger partial charge in [0, 0.05) is 31.2 Å². The van der Waals surface area contributed by atoms with Gasteiger partial charge in [-0.25, -0.2) is 0 Å². The SMILES string of the molecule is Cl.O=C(O)CN1CCN(C(=O)Cc2ccccc2Cl)CC1. The van der Waals surface area contributed by atoms with Crippen LogP contribution in [0.15, 0.2) is 24.3 Å². The molecule has 0 aromatic heterocycles. The van der Waals surface area contributed by atoms with Gasteiger partial charge in [0.2, 0.25) is 5.91 Å². The molecule has 7 heteroatoms. The van der Waals surface area contributed by atoms with Crippen LogP contribution in [0.5, 0.6) is 0 Å². The molecule has 1 aliphatic rings. The Bertz CT molecular complexity index is 503. The smallest absolute Gasteiger partial charge is 0.317 e. The van der Waals surface area contributed by atoms with Gasteiger partial charge in [0.25, 0.3) is 0 Å². The third-order valence-corrected chi connectivity index (χ3v) is 3.75. The molecule has 0 atom stereocenters. The van der Waals surface area contributed by atoms with Crippen molar-refractivity contribution in [1.82, 2.24) is 9.80 Å². The first-order valence-corrected chi connectivity index (χ1v) is 6.89. The Hall–Kier alpha value is -1.30. The Morgan fingerprint density at radius 3 is 2.33 bits per heavy atom. The second kappa shape index (κ2) is 8.22. The van der Waals surface area contributed by atoms with E-state index >= 15 is 0 Å². The molecule has 21 heavy (non-hydrogen) atoms. The van der Waals surface area contributed by atoms with Gasteiger partial charge in [-0.2, -0.15) is 0 Å². The van der Waals surface area contributed by atoms with Crippen molar-refractivity contribution >= 4 is 35.9 Å². The minimum Gasteiger partial charge on any atom is -0.480 e. The van der Waals surface area contributed by atoms with Crippen LogP contribution in [0.2, 0.25) is 5.02 Å². The van der Waals surface area contributed by atoms with Crippen molar-refractivity contribution < 1.29 is 14.7 Å². The summed E-state index contributed by atoms with van der Waals surface area (Å²) in [6, 6.07) is 7.32. The fraction of sp³-hybridized carbons (Fsp3) is 0.429. The van der Waals surface area contributed by atoms with Gasteiger partial charge < -0.3 is 10.0 Å². The number of carbonyl (C=O) groups is 2. The highest BCUT2D eigenvalue weighted by Gasteiger charge is 2.22. The van der Waals surface area contributed by atoms with Gasteiger partial charge >= 0.3 is 5.97 Å². The van der Waals surface area contributed by atoms with E-state index in [1.807, 2.05) is 23.1 Å². The number of carboxylic acid groups (broad SMARTS) is 1. The summed E-state index contributed by atoms with van der Waals surface area (Å²) in [6.45, 7) is 2.36. The van der Waals surface area contributed by atoms with Gasteiger partial charge in [0.05, 0.1) is 13.0 Å². The molecule has 1 amide bonds. The largest absolute Gasteiger partial charge is 0.480 e. The molecule has 116 valence electrons. The average molecular weight is 333 g/mol. The van der Waals surface area contributed by atoms with Crippen molar-refractivity contribution in [2.75, 3.05) is 32.7 Å². The molecule has 0 saturated carbocycles. The first-order valence-electron chi connectivity index (χ1n) is 6.51. The minimum atomic E-state index is -0.833. The lowest BCUT2D eigenvalue weighted by atomic mass is 10.1. The van der Waals surface area contributed by atoms with Crippen molar-refractivity contribution in [3.05, 3.63) is 34.9 Å². The van der Waals surface area contributed by atoms with Crippen molar-refractivity contribution in [1.29, 1.82) is 0 Å². The van der Waals surface area contributed by atoms with Crippen LogP contribution in [0, 0.1) is 0 Å². The molecule has 1 N–H and O–H groups in total. The predicted molar refractivity (Wildman–Crippen MR) is 83.1 cm³/mol. The Morgan fingerprint density at radius 1 is 1.14 bits per heavy atom. The maximum atomic E-state index is 12.2. The Balaban J connectivity index is 0.00000220. The summed E-state index contributed by atoms with van der Waals surface area (Å²) in [5.41, 5.74) is 0.826. The summed E-state index contributed by atoms with van der Waals surface area (Å²) < 4.78 is 0. The standard InChI is InChI=1S/C14H17ClN2O3.ClH/c15-12-4-2-1-3-11(12)9-13(18)17-7-5-16(6-8-17)10-14(19)20;/h1-4H,5-10H2,(H,19,20);1H. The quantitative estimate of drug-likeness (QED) is 0.908. The summed E-state index contributed by atoms with van der Waals surface area (Å²) in [5, 5.41) is 9.33. The van der Waals surface area contributed by atoms with E-state index in [2.05, 4.69) is 0 Å². The summed E-state index contributed by atoms with van der Waals surface area (Å²) in [4.78, 5) is 26.4. The number of benzene rings is 1. The number of aliphatic carboxylic acids is 1. The van der Waals surface area contributed by atoms with E-state index in [9.17, 15) is 9.59 Å². The van der Waals surface area contributed by atoms with E-state index < -0.39 is 5.97 Å². The third-order valence-electron chi connectivity index (χ3n) is 3.38. The van der Waals surface area contributed by atoms with Crippen LogP contribution in [0.3, 0.4) is 0 Å². The van der Waals surface area contributed by atoms with Crippen molar-refractivity contribution in [2.24, 2.45) is 0 Å². The van der Waals surface area contributed by atoms with E-state index in [1.165, 1.54) is 0 Å². The van der Waals surface area contributed by atoms with Crippen LogP contribution in [-0.2, 0) is 16.0 Å². The number of hydrogen-bond donors (Lipinski definition) is 1. The molecule has 0 aliphatic carbocycles. The third kappa shape index (κ3) is 5.19. The van der Waals surface area contributed by atoms with Gasteiger partial charge in [-0.1, -0.05) is 29.8 Å². The molecule has 0 bridgehead atoms. The minimum absolute atomic E-state index is 0. The van der Waals surface area contributed by atoms with E-state index in [0.717, 1.165) is 5.56 Å². The maximum absolute atomic E-state index is 12.2. The summed E-state index contributed by atoms with van der Waals surface area (Å²) >= 11 is 6.04. The highest BCUT2D eigenvalue weighted by molar-refractivity contribution is 6.31. The molecule has 1 saturated heterocycles. The molecule has 1 aliphatic heterocycles. The number of carboxylic acids is 1. The van der Waals surface area contributed by atoms with Crippen LogP contribution < -0.4 is 0 Å². The summed E-state index contributed by atoms with van der Waals surface area (Å²) in [5.74, 6) is -0.797. The number of piperazine rings is 1. The molecule has 1 aromatic rings. The van der Waals surface area contributed by atoms with Crippen LogP contribution in [0.25, 0.3) is 0 Å². The maximum Gasteiger partial charge on any atom is 0.317 e. The van der Waals surface area contributed by atoms with E-state index in [1.54, 1.807) is 11.0 Å². The second-order valence-electron chi connectivity index (χ2n) is 4.82. The average Bonchev–Trinajstić information content (AvgIpc) is 2.41. The monoisotopic (exact) mass is 332 g/mol. The molecule has 1 aromatic carbocycles. The molecule has 0 unspecified atom stereocenters. The van der Waals surface area contributed by atoms with Crippen LogP contribution in [0.4, 0.5) is 0 Å². The Kier molecular flexibility index (Phi) is 6.95. The second-order valence-corrected chi connectivity index (χ2v) is 5.23. The number of carbonyl (C=O) groups excluding carboxylic acids is 1. The number of halogens is 2. The predicted octanol–water partition coefficient (Wildman–Crippen LogP) is 1.53. The molecular formula is C14H18Cl2N2O3. The first kappa shape index (κ1) is 17.8. The lowest BCUT2D eigenvalue weighted by Gasteiger charge is -2.33. The highest BCUT2D eigenvalue weighted by atomic mass is 35.5. The van der Waals surface area contributed by atoms with Gasteiger partial charge in [-0.3, -0.25) is 14.5 Å². The van der Waals surface area contributed by atoms with E-state index in [0.29, 0.717) is 37.6 Å². The van der Waals surface area contributed by atoms with Crippen molar-refractivity contribution in [3.8, 4) is 0 Å². The normalized spacial score (nSPS) is 15.4. The van der Waals surface area contributed by atoms with Crippen LogP contribution in [0.1, 0.15) is 5.56 Å². The van der Waals surface area contributed by atoms with Gasteiger partial charge in [0.1, 0.15) is 0 Å². The zero-order chi connectivity index (χ0) is 14.5. The molecule has 1 heterocycles. The lowest BCUT2D eigenvalue weighted by molar-refractivity contribution is -0.139. The number of hydrogen-bond acceptors (Lipinski definition) is 3. The fourth-order valence-electron chi connectivity index (χ4n) is 2.26. The van der Waals surface area contributed by atoms with Gasteiger partial charge in [-0.05, 0) is 11.6 Å². The van der Waals surface area contributed by atoms with Crippen molar-refractivity contribution in [2.45, 2.75) is 6.42 Å². The topological polar surface area (TPSA) is 60.9 Å². The van der Waals surface area contributed by atoms with Gasteiger partial charge in [-0.15, -0.1) is 12.4 Å². The number of nitrogens with zero attached hydrogens (tertiary/aromatic N) is 2. The molecule has 5 nitrogen and oxygen atoms in total. The van der Waals surface area contributed by atoms with Crippen molar-refractivity contribution in [3.63, 3.8) is 0 Å². The molecule has 0 radical (unpaired) electrons. The fourth-order valence-corrected chi connectivity index (χ4v) is 2.47. The first-order chi connectivity index (χ1) is 9.56. The van der Waals surface area contributed by atoms with Crippen LogP contribution in [-0.4, -0.2) is 59.5 Å². The molecule has 2 rings (SSSR count). The summed E-state index contributed by atoms with van der Waals surface area (Å²) in [6.07, 6.45) is 0.290. The van der Waals surface area contributed by atoms with E-state index in [4.69, 9.17) is 16.7 Å². The van der Waals surface area contributed by atoms with E-state index in [-0.39, 0.29) is 24.9 Å². The highest BCUT2D eigenvalue weighted by Crippen LogP contribution is 2.16. The Labute approximate surface area is 134 Å². The molecular weight excluding hydrogens is 315 g/mol. The number of rotatable bonds is 4.